The average molecular weight is 530 g/mol. The second kappa shape index (κ2) is 14.2. The molecule has 1 aromatic rings. The van der Waals surface area contributed by atoms with E-state index in [9.17, 15) is 9.59 Å². The van der Waals surface area contributed by atoms with Crippen molar-refractivity contribution in [3.63, 3.8) is 0 Å². The predicted octanol–water partition coefficient (Wildman–Crippen LogP) is 1.18. The number of guanidine groups is 1. The second-order valence-corrected chi connectivity index (χ2v) is 7.45. The highest BCUT2D eigenvalue weighted by Gasteiger charge is 2.28. The van der Waals surface area contributed by atoms with Crippen molar-refractivity contribution in [2.75, 3.05) is 46.8 Å². The lowest BCUT2D eigenvalue weighted by molar-refractivity contribution is -0.122. The van der Waals surface area contributed by atoms with E-state index in [-0.39, 0.29) is 41.7 Å². The molecule has 1 fully saturated rings. The predicted molar refractivity (Wildman–Crippen MR) is 131 cm³/mol. The average Bonchev–Trinajstić information content (AvgIpc) is 3.54. The molecule has 1 saturated carbocycles. The molecule has 1 aliphatic rings. The number of likely N-dealkylation sites (N-methyl/N-ethyl adjacent to an activating group) is 1. The summed E-state index contributed by atoms with van der Waals surface area (Å²) in [6.45, 7) is 5.80. The first-order valence-corrected chi connectivity index (χ1v) is 10.3. The van der Waals surface area contributed by atoms with Crippen LogP contribution in [0.2, 0.25) is 0 Å². The molecule has 2 rings (SSSR count). The largest absolute Gasteiger partial charge is 0.357 e. The Morgan fingerprint density at radius 3 is 2.47 bits per heavy atom. The van der Waals surface area contributed by atoms with Gasteiger partial charge in [-0.15, -0.1) is 24.0 Å². The molecule has 2 amide bonds. The summed E-state index contributed by atoms with van der Waals surface area (Å²) in [7, 11) is 3.95. The smallest absolute Gasteiger partial charge is 0.251 e. The first kappa shape index (κ1) is 26.2. The summed E-state index contributed by atoms with van der Waals surface area (Å²) in [5.41, 5.74) is 1.60. The number of rotatable bonds is 11. The molecule has 1 aromatic carbocycles. The summed E-state index contributed by atoms with van der Waals surface area (Å²) < 4.78 is 0. The number of halogens is 1. The van der Waals surface area contributed by atoms with Crippen LogP contribution in [-0.4, -0.2) is 69.5 Å². The highest BCUT2D eigenvalue weighted by atomic mass is 127. The molecule has 30 heavy (non-hydrogen) atoms. The molecule has 0 aliphatic heterocycles. The quantitative estimate of drug-likeness (QED) is 0.149. The van der Waals surface area contributed by atoms with E-state index >= 15 is 0 Å². The zero-order valence-corrected chi connectivity index (χ0v) is 20.5. The van der Waals surface area contributed by atoms with E-state index in [2.05, 4.69) is 26.3 Å². The zero-order chi connectivity index (χ0) is 21.1. The fourth-order valence-electron chi connectivity index (χ4n) is 2.67. The molecular weight excluding hydrogens is 495 g/mol. The van der Waals surface area contributed by atoms with E-state index in [1.807, 2.05) is 50.2 Å². The van der Waals surface area contributed by atoms with Crippen molar-refractivity contribution in [1.82, 2.24) is 26.2 Å². The van der Waals surface area contributed by atoms with Crippen LogP contribution in [0, 0.1) is 5.92 Å². The highest BCUT2D eigenvalue weighted by molar-refractivity contribution is 14.0. The van der Waals surface area contributed by atoms with E-state index in [0.717, 1.165) is 31.5 Å². The maximum Gasteiger partial charge on any atom is 0.251 e. The Morgan fingerprint density at radius 2 is 1.80 bits per heavy atom. The molecule has 1 aliphatic carbocycles. The van der Waals surface area contributed by atoms with E-state index < -0.39 is 0 Å². The summed E-state index contributed by atoms with van der Waals surface area (Å²) in [6, 6.07) is 7.51. The van der Waals surface area contributed by atoms with Gasteiger partial charge in [-0.1, -0.05) is 12.1 Å². The summed E-state index contributed by atoms with van der Waals surface area (Å²) in [5, 5.41) is 12.3. The van der Waals surface area contributed by atoms with Crippen LogP contribution in [-0.2, 0) is 11.3 Å². The maximum absolute atomic E-state index is 12.3. The lowest BCUT2D eigenvalue weighted by Crippen LogP contribution is -2.41. The van der Waals surface area contributed by atoms with Gasteiger partial charge in [0.05, 0.1) is 6.54 Å². The number of aliphatic imine (C=N–C) groups is 1. The van der Waals surface area contributed by atoms with E-state index in [4.69, 9.17) is 0 Å². The third-order valence-corrected chi connectivity index (χ3v) is 4.46. The SMILES string of the molecule is CCNC(=NCc1cccc(C(=O)NCCN(C)C)c1)NCCNC(=O)C1CC1.I. The number of carbonyl (C=O) groups is 2. The van der Waals surface area contributed by atoms with Gasteiger partial charge in [-0.3, -0.25) is 9.59 Å². The van der Waals surface area contributed by atoms with Crippen molar-refractivity contribution < 1.29 is 9.59 Å². The van der Waals surface area contributed by atoms with Gasteiger partial charge in [-0.2, -0.15) is 0 Å². The molecule has 0 unspecified atom stereocenters. The molecule has 0 bridgehead atoms. The third-order valence-electron chi connectivity index (χ3n) is 4.46. The number of carbonyl (C=O) groups excluding carboxylic acids is 2. The van der Waals surface area contributed by atoms with Gasteiger partial charge in [-0.25, -0.2) is 4.99 Å². The monoisotopic (exact) mass is 530 g/mol. The molecule has 8 nitrogen and oxygen atoms in total. The molecule has 4 N–H and O–H groups in total. The van der Waals surface area contributed by atoms with Gasteiger partial charge in [0.15, 0.2) is 5.96 Å². The van der Waals surface area contributed by atoms with Crippen LogP contribution in [0.15, 0.2) is 29.3 Å². The number of nitrogens with one attached hydrogen (secondary N) is 4. The Kier molecular flexibility index (Phi) is 12.4. The minimum absolute atomic E-state index is 0. The Bertz CT molecular complexity index is 706. The second-order valence-electron chi connectivity index (χ2n) is 7.45. The van der Waals surface area contributed by atoms with E-state index in [1.165, 1.54) is 0 Å². The van der Waals surface area contributed by atoms with Gasteiger partial charge < -0.3 is 26.2 Å². The normalized spacial score (nSPS) is 13.4. The van der Waals surface area contributed by atoms with Crippen LogP contribution < -0.4 is 21.3 Å². The van der Waals surface area contributed by atoms with Crippen LogP contribution in [0.25, 0.3) is 0 Å². The summed E-state index contributed by atoms with van der Waals surface area (Å²) >= 11 is 0. The fraction of sp³-hybridized carbons (Fsp3) is 0.571. The highest BCUT2D eigenvalue weighted by Crippen LogP contribution is 2.28. The van der Waals surface area contributed by atoms with Crippen molar-refractivity contribution in [3.05, 3.63) is 35.4 Å². The van der Waals surface area contributed by atoms with Crippen LogP contribution in [0.4, 0.5) is 0 Å². The molecule has 0 aromatic heterocycles. The molecule has 0 saturated heterocycles. The number of hydrogen-bond donors (Lipinski definition) is 4. The fourth-order valence-corrected chi connectivity index (χ4v) is 2.67. The number of hydrogen-bond acceptors (Lipinski definition) is 4. The van der Waals surface area contributed by atoms with E-state index in [1.54, 1.807) is 0 Å². The van der Waals surface area contributed by atoms with Crippen molar-refractivity contribution in [2.45, 2.75) is 26.3 Å². The van der Waals surface area contributed by atoms with Crippen LogP contribution in [0.3, 0.4) is 0 Å². The van der Waals surface area contributed by atoms with Crippen molar-refractivity contribution in [2.24, 2.45) is 10.9 Å². The van der Waals surface area contributed by atoms with Crippen LogP contribution in [0.5, 0.6) is 0 Å². The first-order valence-electron chi connectivity index (χ1n) is 10.3. The lowest BCUT2D eigenvalue weighted by atomic mass is 10.1. The molecule has 0 spiro atoms. The minimum Gasteiger partial charge on any atom is -0.357 e. The lowest BCUT2D eigenvalue weighted by Gasteiger charge is -2.12. The molecule has 0 radical (unpaired) electrons. The van der Waals surface area contributed by atoms with Gasteiger partial charge in [0, 0.05) is 44.2 Å². The third kappa shape index (κ3) is 10.2. The molecule has 0 atom stereocenters. The number of nitrogens with zero attached hydrogens (tertiary/aromatic N) is 2. The molecule has 168 valence electrons. The van der Waals surface area contributed by atoms with Crippen LogP contribution in [0.1, 0.15) is 35.7 Å². The zero-order valence-electron chi connectivity index (χ0n) is 18.2. The maximum atomic E-state index is 12.3. The Morgan fingerprint density at radius 1 is 1.07 bits per heavy atom. The topological polar surface area (TPSA) is 97.9 Å². The number of amides is 2. The molecular formula is C21H35IN6O2. The van der Waals surface area contributed by atoms with E-state index in [0.29, 0.717) is 37.7 Å². The summed E-state index contributed by atoms with van der Waals surface area (Å²) in [5.74, 6) is 0.988. The summed E-state index contributed by atoms with van der Waals surface area (Å²) in [4.78, 5) is 30.5. The minimum atomic E-state index is -0.0749. The summed E-state index contributed by atoms with van der Waals surface area (Å²) in [6.07, 6.45) is 2.02. The van der Waals surface area contributed by atoms with Gasteiger partial charge in [0.1, 0.15) is 0 Å². The Balaban J connectivity index is 0.00000450. The van der Waals surface area contributed by atoms with Gasteiger partial charge in [-0.05, 0) is 51.6 Å². The number of benzene rings is 1. The Hall–Kier alpha value is -1.88. The first-order chi connectivity index (χ1) is 14.0. The standard InChI is InChI=1S/C21H34N6O2.HI/c1-4-22-21(25-11-10-23-19(28)17-8-9-17)26-15-16-6-5-7-18(14-16)20(29)24-12-13-27(2)3;/h5-7,14,17H,4,8-13,15H2,1-3H3,(H,23,28)(H,24,29)(H2,22,25,26);1H. The van der Waals surface area contributed by atoms with Gasteiger partial charge >= 0.3 is 0 Å². The Labute approximate surface area is 196 Å². The molecule has 9 heteroatoms. The van der Waals surface area contributed by atoms with Crippen molar-refractivity contribution >= 4 is 41.8 Å². The van der Waals surface area contributed by atoms with Gasteiger partial charge in [0.25, 0.3) is 5.91 Å². The molecule has 0 heterocycles. The van der Waals surface area contributed by atoms with Crippen molar-refractivity contribution in [1.29, 1.82) is 0 Å². The van der Waals surface area contributed by atoms with Crippen molar-refractivity contribution in [3.8, 4) is 0 Å². The van der Waals surface area contributed by atoms with Crippen LogP contribution >= 0.6 is 24.0 Å². The van der Waals surface area contributed by atoms with Gasteiger partial charge in [0.2, 0.25) is 5.91 Å².